The van der Waals surface area contributed by atoms with Crippen molar-refractivity contribution >= 4 is 28.0 Å². The highest BCUT2D eigenvalue weighted by molar-refractivity contribution is 9.07. The SMILES string of the molecule is CCc1ccccc1C(=O)ON(Br)C(C)=O. The molecule has 0 aliphatic heterocycles. The number of benzene rings is 1. The lowest BCUT2D eigenvalue weighted by Gasteiger charge is -2.12. The van der Waals surface area contributed by atoms with Crippen LogP contribution in [0, 0.1) is 0 Å². The molecule has 0 saturated heterocycles. The Labute approximate surface area is 102 Å². The van der Waals surface area contributed by atoms with Crippen LogP contribution in [0.25, 0.3) is 0 Å². The zero-order valence-electron chi connectivity index (χ0n) is 9.07. The molecule has 16 heavy (non-hydrogen) atoms. The monoisotopic (exact) mass is 285 g/mol. The van der Waals surface area contributed by atoms with Crippen molar-refractivity contribution in [2.24, 2.45) is 0 Å². The van der Waals surface area contributed by atoms with E-state index in [0.717, 1.165) is 16.1 Å². The minimum atomic E-state index is -0.551. The molecule has 0 radical (unpaired) electrons. The van der Waals surface area contributed by atoms with Gasteiger partial charge in [0.15, 0.2) is 0 Å². The van der Waals surface area contributed by atoms with E-state index in [1.165, 1.54) is 6.92 Å². The summed E-state index contributed by atoms with van der Waals surface area (Å²) in [5.74, 6) is -0.952. The van der Waals surface area contributed by atoms with Gasteiger partial charge in [-0.2, -0.15) is 0 Å². The molecule has 1 rings (SSSR count). The fourth-order valence-electron chi connectivity index (χ4n) is 1.21. The summed E-state index contributed by atoms with van der Waals surface area (Å²) in [5, 5.41) is 0. The third kappa shape index (κ3) is 3.06. The number of nitrogens with zero attached hydrogens (tertiary/aromatic N) is 1. The predicted molar refractivity (Wildman–Crippen MR) is 62.7 cm³/mol. The van der Waals surface area contributed by atoms with E-state index in [1.807, 2.05) is 19.1 Å². The smallest absolute Gasteiger partial charge is 0.322 e. The van der Waals surface area contributed by atoms with E-state index < -0.39 is 11.9 Å². The van der Waals surface area contributed by atoms with Crippen molar-refractivity contribution in [3.05, 3.63) is 35.4 Å². The molecule has 0 bridgehead atoms. The molecule has 4 nitrogen and oxygen atoms in total. The lowest BCUT2D eigenvalue weighted by atomic mass is 10.1. The van der Waals surface area contributed by atoms with E-state index in [9.17, 15) is 9.59 Å². The van der Waals surface area contributed by atoms with Gasteiger partial charge in [0.1, 0.15) is 0 Å². The number of hydrogen-bond donors (Lipinski definition) is 0. The zero-order chi connectivity index (χ0) is 12.1. The van der Waals surface area contributed by atoms with Gasteiger partial charge in [0.2, 0.25) is 0 Å². The van der Waals surface area contributed by atoms with Crippen LogP contribution in [-0.2, 0) is 16.1 Å². The largest absolute Gasteiger partial charge is 0.364 e. The lowest BCUT2D eigenvalue weighted by Crippen LogP contribution is -2.22. The van der Waals surface area contributed by atoms with Crippen LogP contribution in [0.2, 0.25) is 0 Å². The van der Waals surface area contributed by atoms with Gasteiger partial charge in [0, 0.05) is 6.92 Å². The summed E-state index contributed by atoms with van der Waals surface area (Å²) < 4.78 is 0.738. The fourth-order valence-corrected chi connectivity index (χ4v) is 1.35. The molecule has 5 heteroatoms. The Morgan fingerprint density at radius 1 is 1.38 bits per heavy atom. The Balaban J connectivity index is 2.84. The Hall–Kier alpha value is -1.36. The lowest BCUT2D eigenvalue weighted by molar-refractivity contribution is -0.142. The molecule has 0 unspecified atom stereocenters. The van der Waals surface area contributed by atoms with E-state index in [1.54, 1.807) is 12.1 Å². The molecule has 0 atom stereocenters. The molecule has 1 aromatic carbocycles. The van der Waals surface area contributed by atoms with Crippen LogP contribution in [0.15, 0.2) is 24.3 Å². The third-order valence-corrected chi connectivity index (χ3v) is 2.67. The third-order valence-electron chi connectivity index (χ3n) is 2.03. The topological polar surface area (TPSA) is 46.6 Å². The van der Waals surface area contributed by atoms with Crippen molar-refractivity contribution in [3.8, 4) is 0 Å². The van der Waals surface area contributed by atoms with E-state index in [-0.39, 0.29) is 0 Å². The van der Waals surface area contributed by atoms with Gasteiger partial charge in [-0.25, -0.2) is 4.79 Å². The molecular weight excluding hydrogens is 274 g/mol. The molecule has 0 spiro atoms. The summed E-state index contributed by atoms with van der Waals surface area (Å²) in [6.07, 6.45) is 0.730. The summed E-state index contributed by atoms with van der Waals surface area (Å²) in [6.45, 7) is 3.23. The summed E-state index contributed by atoms with van der Waals surface area (Å²) in [6, 6.07) is 7.12. The van der Waals surface area contributed by atoms with Crippen LogP contribution in [0.4, 0.5) is 0 Å². The predicted octanol–water partition coefficient (Wildman–Crippen LogP) is 2.48. The van der Waals surface area contributed by atoms with E-state index in [4.69, 9.17) is 4.84 Å². The van der Waals surface area contributed by atoms with Crippen molar-refractivity contribution in [1.82, 2.24) is 4.09 Å². The van der Waals surface area contributed by atoms with Crippen LogP contribution >= 0.6 is 16.1 Å². The number of carbonyl (C=O) groups excluding carboxylic acids is 2. The summed E-state index contributed by atoms with van der Waals surface area (Å²) >= 11 is 2.83. The van der Waals surface area contributed by atoms with Gasteiger partial charge in [-0.1, -0.05) is 25.1 Å². The van der Waals surface area contributed by atoms with Crippen LogP contribution in [0.3, 0.4) is 0 Å². The van der Waals surface area contributed by atoms with Gasteiger partial charge in [-0.05, 0) is 18.1 Å². The number of halogens is 1. The molecule has 0 aromatic heterocycles. The number of amides is 1. The Morgan fingerprint density at radius 2 is 2.00 bits per heavy atom. The molecular formula is C11H12BrNO3. The summed E-state index contributed by atoms with van der Waals surface area (Å²) in [7, 11) is 0. The second kappa shape index (κ2) is 5.65. The highest BCUT2D eigenvalue weighted by atomic mass is 79.9. The Morgan fingerprint density at radius 3 is 2.56 bits per heavy atom. The number of rotatable bonds is 2. The first-order chi connectivity index (χ1) is 7.56. The minimum Gasteiger partial charge on any atom is -0.322 e. The fraction of sp³-hybridized carbons (Fsp3) is 0.273. The normalized spacial score (nSPS) is 9.69. The van der Waals surface area contributed by atoms with E-state index >= 15 is 0 Å². The number of carbonyl (C=O) groups is 2. The molecule has 0 N–H and O–H groups in total. The maximum absolute atomic E-state index is 11.7. The van der Waals surface area contributed by atoms with E-state index in [0.29, 0.717) is 5.56 Å². The van der Waals surface area contributed by atoms with Gasteiger partial charge in [-0.15, -0.1) is 4.09 Å². The standard InChI is InChI=1S/C11H12BrNO3/c1-3-9-6-4-5-7-10(9)11(15)16-13(12)8(2)14/h4-7H,3H2,1-2H3. The molecule has 1 amide bonds. The second-order valence-electron chi connectivity index (χ2n) is 3.15. The van der Waals surface area contributed by atoms with Gasteiger partial charge in [0.25, 0.3) is 5.91 Å². The average Bonchev–Trinajstić information content (AvgIpc) is 2.28. The van der Waals surface area contributed by atoms with Crippen LogP contribution in [-0.4, -0.2) is 16.0 Å². The van der Waals surface area contributed by atoms with Crippen molar-refractivity contribution < 1.29 is 14.4 Å². The van der Waals surface area contributed by atoms with Crippen molar-refractivity contribution in [2.45, 2.75) is 20.3 Å². The highest BCUT2D eigenvalue weighted by Gasteiger charge is 2.16. The zero-order valence-corrected chi connectivity index (χ0v) is 10.7. The molecule has 1 aromatic rings. The quantitative estimate of drug-likeness (QED) is 0.620. The highest BCUT2D eigenvalue weighted by Crippen LogP contribution is 2.13. The second-order valence-corrected chi connectivity index (χ2v) is 3.80. The first-order valence-corrected chi connectivity index (χ1v) is 5.53. The summed E-state index contributed by atoms with van der Waals surface area (Å²) in [4.78, 5) is 27.4. The Bertz CT molecular complexity index is 406. The maximum Gasteiger partial charge on any atom is 0.364 e. The molecule has 0 aliphatic rings. The molecule has 0 fully saturated rings. The van der Waals surface area contributed by atoms with Crippen LogP contribution in [0.5, 0.6) is 0 Å². The molecule has 0 saturated carbocycles. The molecule has 86 valence electrons. The van der Waals surface area contributed by atoms with Gasteiger partial charge < -0.3 is 4.84 Å². The molecule has 0 aliphatic carbocycles. The number of hydrogen-bond acceptors (Lipinski definition) is 3. The average molecular weight is 286 g/mol. The number of hydroxylamine groups is 1. The first-order valence-electron chi connectivity index (χ1n) is 4.83. The Kier molecular flexibility index (Phi) is 4.49. The van der Waals surface area contributed by atoms with Crippen molar-refractivity contribution in [3.63, 3.8) is 0 Å². The van der Waals surface area contributed by atoms with Crippen LogP contribution < -0.4 is 0 Å². The van der Waals surface area contributed by atoms with Gasteiger partial charge in [0.05, 0.1) is 21.7 Å². The van der Waals surface area contributed by atoms with Crippen molar-refractivity contribution in [1.29, 1.82) is 0 Å². The first kappa shape index (κ1) is 12.7. The minimum absolute atomic E-state index is 0.401. The van der Waals surface area contributed by atoms with E-state index in [2.05, 4.69) is 16.1 Å². The molecule has 0 heterocycles. The maximum atomic E-state index is 11.7. The van der Waals surface area contributed by atoms with Crippen molar-refractivity contribution in [2.75, 3.05) is 0 Å². The van der Waals surface area contributed by atoms with Gasteiger partial charge in [-0.3, -0.25) is 4.79 Å². The summed E-state index contributed by atoms with van der Waals surface area (Å²) in [5.41, 5.74) is 1.35. The number of aryl methyl sites for hydroxylation is 1. The van der Waals surface area contributed by atoms with Gasteiger partial charge >= 0.3 is 5.97 Å². The van der Waals surface area contributed by atoms with Crippen LogP contribution in [0.1, 0.15) is 29.8 Å².